The number of hydrogen-bond donors (Lipinski definition) is 4. The summed E-state index contributed by atoms with van der Waals surface area (Å²) in [4.78, 5) is 38.1. The molecule has 0 radical (unpaired) electrons. The number of carbonyl (C=O) groups is 3. The molecule has 0 saturated heterocycles. The third-order valence-corrected chi connectivity index (χ3v) is 5.09. The quantitative estimate of drug-likeness (QED) is 0.140. The lowest BCUT2D eigenvalue weighted by molar-refractivity contribution is -0.133. The fraction of sp³-hybridized carbons (Fsp3) is 0.720. The van der Waals surface area contributed by atoms with Crippen LogP contribution in [0.25, 0.3) is 0 Å². The Morgan fingerprint density at radius 1 is 0.800 bits per heavy atom. The molecule has 0 aliphatic carbocycles. The molecule has 206 valence electrons. The molecule has 0 aromatic carbocycles. The SMILES string of the molecule is CC/C=C\CCC(=O)NCCCCN(CCCNC(=O)CC/C=C\CC)C(=O)[C@@H](N)CCN.Cl.Cl. The van der Waals surface area contributed by atoms with Crippen LogP contribution in [0.4, 0.5) is 0 Å². The van der Waals surface area contributed by atoms with Gasteiger partial charge in [-0.05, 0) is 57.9 Å². The van der Waals surface area contributed by atoms with Gasteiger partial charge in [-0.1, -0.05) is 38.2 Å². The van der Waals surface area contributed by atoms with Gasteiger partial charge in [0, 0.05) is 39.0 Å². The molecular weight excluding hydrogens is 489 g/mol. The summed E-state index contributed by atoms with van der Waals surface area (Å²) in [5, 5.41) is 5.83. The van der Waals surface area contributed by atoms with Gasteiger partial charge in [0.05, 0.1) is 6.04 Å². The van der Waals surface area contributed by atoms with Gasteiger partial charge in [0.15, 0.2) is 0 Å². The van der Waals surface area contributed by atoms with Crippen LogP contribution in [0.2, 0.25) is 0 Å². The second-order valence-corrected chi connectivity index (χ2v) is 8.11. The Morgan fingerprint density at radius 3 is 1.77 bits per heavy atom. The van der Waals surface area contributed by atoms with Gasteiger partial charge in [-0.2, -0.15) is 0 Å². The highest BCUT2D eigenvalue weighted by Crippen LogP contribution is 2.03. The van der Waals surface area contributed by atoms with Crippen molar-refractivity contribution in [1.29, 1.82) is 0 Å². The maximum atomic E-state index is 12.7. The van der Waals surface area contributed by atoms with Gasteiger partial charge >= 0.3 is 0 Å². The maximum absolute atomic E-state index is 12.7. The van der Waals surface area contributed by atoms with Crippen LogP contribution in [0.3, 0.4) is 0 Å². The lowest BCUT2D eigenvalue weighted by atomic mass is 10.1. The molecule has 0 rings (SSSR count). The van der Waals surface area contributed by atoms with Crippen molar-refractivity contribution in [1.82, 2.24) is 15.5 Å². The first-order valence-corrected chi connectivity index (χ1v) is 12.5. The van der Waals surface area contributed by atoms with Crippen molar-refractivity contribution >= 4 is 42.5 Å². The summed E-state index contributed by atoms with van der Waals surface area (Å²) in [7, 11) is 0. The van der Waals surface area contributed by atoms with Crippen LogP contribution in [0.5, 0.6) is 0 Å². The molecule has 0 aromatic heterocycles. The fourth-order valence-corrected chi connectivity index (χ4v) is 3.20. The largest absolute Gasteiger partial charge is 0.356 e. The van der Waals surface area contributed by atoms with E-state index in [0.29, 0.717) is 58.4 Å². The van der Waals surface area contributed by atoms with E-state index < -0.39 is 6.04 Å². The molecule has 0 saturated carbocycles. The number of nitrogens with one attached hydrogen (secondary N) is 2. The van der Waals surface area contributed by atoms with E-state index in [2.05, 4.69) is 36.6 Å². The summed E-state index contributed by atoms with van der Waals surface area (Å²) in [6, 6.07) is -0.606. The van der Waals surface area contributed by atoms with Crippen molar-refractivity contribution in [2.75, 3.05) is 32.7 Å². The van der Waals surface area contributed by atoms with Crippen molar-refractivity contribution in [3.05, 3.63) is 24.3 Å². The molecule has 35 heavy (non-hydrogen) atoms. The number of rotatable bonds is 20. The molecule has 3 amide bonds. The minimum atomic E-state index is -0.606. The summed E-state index contributed by atoms with van der Waals surface area (Å²) >= 11 is 0. The summed E-state index contributed by atoms with van der Waals surface area (Å²) in [5.74, 6) is -0.0350. The van der Waals surface area contributed by atoms with Crippen molar-refractivity contribution < 1.29 is 14.4 Å². The van der Waals surface area contributed by atoms with Crippen LogP contribution in [0.15, 0.2) is 24.3 Å². The molecule has 10 heteroatoms. The standard InChI is InChI=1S/C25H47N5O3.2ClH/c1-3-5-7-9-14-23(31)28-18-11-12-20-30(25(33)22(27)16-17-26)21-13-19-29-24(32)15-10-8-6-4-2;;/h5-8,22H,3-4,9-21,26-27H2,1-2H3,(H,28,31)(H,29,32);2*1H/b7-5-,8-6-;;/t22-;;/m0../s1. The second-order valence-electron chi connectivity index (χ2n) is 8.11. The van der Waals surface area contributed by atoms with Gasteiger partial charge in [0.1, 0.15) is 0 Å². The third-order valence-electron chi connectivity index (χ3n) is 5.09. The Balaban J connectivity index is -0.00000512. The van der Waals surface area contributed by atoms with Gasteiger partial charge in [-0.25, -0.2) is 0 Å². The third kappa shape index (κ3) is 22.6. The van der Waals surface area contributed by atoms with Crippen LogP contribution < -0.4 is 22.1 Å². The Morgan fingerprint density at radius 2 is 1.29 bits per heavy atom. The molecule has 1 atom stereocenters. The zero-order chi connectivity index (χ0) is 24.7. The number of halogens is 2. The topological polar surface area (TPSA) is 131 Å². The molecule has 0 spiro atoms. The number of unbranched alkanes of at least 4 members (excludes halogenated alkanes) is 1. The number of allylic oxidation sites excluding steroid dienone is 4. The molecular formula is C25H49Cl2N5O3. The lowest BCUT2D eigenvalue weighted by Gasteiger charge is -2.26. The summed E-state index contributed by atoms with van der Waals surface area (Å²) in [6.07, 6.45) is 15.2. The lowest BCUT2D eigenvalue weighted by Crippen LogP contribution is -2.46. The van der Waals surface area contributed by atoms with Gasteiger partial charge in [-0.3, -0.25) is 14.4 Å². The van der Waals surface area contributed by atoms with Crippen molar-refractivity contribution in [3.63, 3.8) is 0 Å². The van der Waals surface area contributed by atoms with Gasteiger partial charge < -0.3 is 27.0 Å². The van der Waals surface area contributed by atoms with E-state index >= 15 is 0 Å². The van der Waals surface area contributed by atoms with E-state index in [1.54, 1.807) is 4.90 Å². The molecule has 0 fully saturated rings. The summed E-state index contributed by atoms with van der Waals surface area (Å²) < 4.78 is 0. The van der Waals surface area contributed by atoms with E-state index in [1.807, 2.05) is 12.2 Å². The van der Waals surface area contributed by atoms with Crippen LogP contribution >= 0.6 is 24.8 Å². The van der Waals surface area contributed by atoms with Gasteiger partial charge in [-0.15, -0.1) is 24.8 Å². The Kier molecular flexibility index (Phi) is 29.2. The average Bonchev–Trinajstić information content (AvgIpc) is 2.80. The molecule has 0 unspecified atom stereocenters. The predicted molar refractivity (Wildman–Crippen MR) is 150 cm³/mol. The number of nitrogens with two attached hydrogens (primary N) is 2. The molecule has 6 N–H and O–H groups in total. The van der Waals surface area contributed by atoms with Gasteiger partial charge in [0.2, 0.25) is 17.7 Å². The van der Waals surface area contributed by atoms with Crippen molar-refractivity contribution in [2.24, 2.45) is 11.5 Å². The van der Waals surface area contributed by atoms with E-state index in [4.69, 9.17) is 11.5 Å². The van der Waals surface area contributed by atoms with Crippen LogP contribution in [0.1, 0.15) is 78.1 Å². The second kappa shape index (κ2) is 27.0. The monoisotopic (exact) mass is 537 g/mol. The number of hydrogen-bond acceptors (Lipinski definition) is 5. The van der Waals surface area contributed by atoms with Crippen LogP contribution in [-0.4, -0.2) is 61.4 Å². The van der Waals surface area contributed by atoms with E-state index in [9.17, 15) is 14.4 Å². The fourth-order valence-electron chi connectivity index (χ4n) is 3.20. The van der Waals surface area contributed by atoms with Crippen molar-refractivity contribution in [2.45, 2.75) is 84.1 Å². The Bertz CT molecular complexity index is 604. The van der Waals surface area contributed by atoms with E-state index in [0.717, 1.165) is 38.5 Å². The predicted octanol–water partition coefficient (Wildman–Crippen LogP) is 3.23. The number of carbonyl (C=O) groups excluding carboxylic acids is 3. The minimum absolute atomic E-state index is 0. The summed E-state index contributed by atoms with van der Waals surface area (Å²) in [6.45, 7) is 6.71. The smallest absolute Gasteiger partial charge is 0.239 e. The van der Waals surface area contributed by atoms with Crippen LogP contribution in [0, 0.1) is 0 Å². The molecule has 0 bridgehead atoms. The van der Waals surface area contributed by atoms with Gasteiger partial charge in [0.25, 0.3) is 0 Å². The minimum Gasteiger partial charge on any atom is -0.356 e. The Hall–Kier alpha value is -1.61. The highest BCUT2D eigenvalue weighted by molar-refractivity contribution is 5.85. The molecule has 8 nitrogen and oxygen atoms in total. The van der Waals surface area contributed by atoms with E-state index in [1.165, 1.54) is 0 Å². The van der Waals surface area contributed by atoms with Crippen molar-refractivity contribution in [3.8, 4) is 0 Å². The zero-order valence-electron chi connectivity index (χ0n) is 21.6. The molecule has 0 aliphatic heterocycles. The number of nitrogens with zero attached hydrogens (tertiary/aromatic N) is 1. The highest BCUT2D eigenvalue weighted by atomic mass is 35.5. The first-order chi connectivity index (χ1) is 16.0. The first-order valence-electron chi connectivity index (χ1n) is 12.5. The number of amides is 3. The maximum Gasteiger partial charge on any atom is 0.239 e. The molecule has 0 aromatic rings. The highest BCUT2D eigenvalue weighted by Gasteiger charge is 2.19. The molecule has 0 heterocycles. The van der Waals surface area contributed by atoms with E-state index in [-0.39, 0.29) is 42.5 Å². The zero-order valence-corrected chi connectivity index (χ0v) is 23.3. The molecule has 0 aliphatic rings. The summed E-state index contributed by atoms with van der Waals surface area (Å²) in [5.41, 5.74) is 11.5. The first kappa shape index (κ1) is 37.9. The van der Waals surface area contributed by atoms with Crippen LogP contribution in [-0.2, 0) is 14.4 Å². The average molecular weight is 539 g/mol. The normalized spacial score (nSPS) is 11.5. The Labute approximate surface area is 224 Å².